The number of hydrogen-bond donors (Lipinski definition) is 1. The molecule has 1 N–H and O–H groups in total. The predicted octanol–water partition coefficient (Wildman–Crippen LogP) is 4.51. The monoisotopic (exact) mass is 443 g/mol. The fourth-order valence-corrected chi connectivity index (χ4v) is 5.35. The number of para-hydroxylation sites is 1. The van der Waals surface area contributed by atoms with E-state index >= 15 is 0 Å². The van der Waals surface area contributed by atoms with Crippen molar-refractivity contribution in [2.75, 3.05) is 29.9 Å². The SMILES string of the molecule is O=C(CSCC(=O)N1CCC(c2nc3ccccc3s2)CC1)Nc1ccc(F)cc1. The lowest BCUT2D eigenvalue weighted by Crippen LogP contribution is -2.39. The van der Waals surface area contributed by atoms with Gasteiger partial charge in [0, 0.05) is 24.7 Å². The molecule has 1 aliphatic rings. The lowest BCUT2D eigenvalue weighted by atomic mass is 9.97. The third kappa shape index (κ3) is 5.17. The summed E-state index contributed by atoms with van der Waals surface area (Å²) in [5, 5.41) is 3.86. The molecule has 0 atom stereocenters. The van der Waals surface area contributed by atoms with E-state index < -0.39 is 0 Å². The van der Waals surface area contributed by atoms with Crippen LogP contribution in [0.15, 0.2) is 48.5 Å². The van der Waals surface area contributed by atoms with Crippen LogP contribution in [0.2, 0.25) is 0 Å². The van der Waals surface area contributed by atoms with Crippen molar-refractivity contribution in [2.45, 2.75) is 18.8 Å². The summed E-state index contributed by atoms with van der Waals surface area (Å²) >= 11 is 3.05. The molecular formula is C22H22FN3O2S2. The molecule has 1 aliphatic heterocycles. The molecule has 30 heavy (non-hydrogen) atoms. The van der Waals surface area contributed by atoms with E-state index in [1.54, 1.807) is 11.3 Å². The Balaban J connectivity index is 1.19. The number of likely N-dealkylation sites (tertiary alicyclic amines) is 1. The third-order valence-electron chi connectivity index (χ3n) is 5.09. The number of hydrogen-bond acceptors (Lipinski definition) is 5. The highest BCUT2D eigenvalue weighted by molar-refractivity contribution is 8.00. The van der Waals surface area contributed by atoms with E-state index in [0.29, 0.717) is 11.6 Å². The normalized spacial score (nSPS) is 14.8. The Morgan fingerprint density at radius 1 is 1.10 bits per heavy atom. The van der Waals surface area contributed by atoms with Crippen LogP contribution in [0.5, 0.6) is 0 Å². The third-order valence-corrected chi connectivity index (χ3v) is 7.21. The van der Waals surface area contributed by atoms with Crippen molar-refractivity contribution in [2.24, 2.45) is 0 Å². The number of anilines is 1. The lowest BCUT2D eigenvalue weighted by molar-refractivity contribution is -0.129. The van der Waals surface area contributed by atoms with Crippen LogP contribution in [0.4, 0.5) is 10.1 Å². The zero-order chi connectivity index (χ0) is 20.9. The highest BCUT2D eigenvalue weighted by Crippen LogP contribution is 2.33. The van der Waals surface area contributed by atoms with Crippen LogP contribution in [0.3, 0.4) is 0 Å². The van der Waals surface area contributed by atoms with E-state index in [-0.39, 0.29) is 29.1 Å². The van der Waals surface area contributed by atoms with Gasteiger partial charge >= 0.3 is 0 Å². The fraction of sp³-hybridized carbons (Fsp3) is 0.318. The topological polar surface area (TPSA) is 62.3 Å². The molecule has 1 fully saturated rings. The van der Waals surface area contributed by atoms with Crippen molar-refractivity contribution >= 4 is 50.8 Å². The molecule has 4 rings (SSSR count). The zero-order valence-corrected chi connectivity index (χ0v) is 18.0. The first-order valence-electron chi connectivity index (χ1n) is 9.85. The highest BCUT2D eigenvalue weighted by atomic mass is 32.2. The van der Waals surface area contributed by atoms with Crippen molar-refractivity contribution < 1.29 is 14.0 Å². The number of carbonyl (C=O) groups is 2. The molecular weight excluding hydrogens is 421 g/mol. The Hall–Kier alpha value is -2.45. The molecule has 0 bridgehead atoms. The van der Waals surface area contributed by atoms with E-state index in [9.17, 15) is 14.0 Å². The van der Waals surface area contributed by atoms with Gasteiger partial charge in [0.25, 0.3) is 0 Å². The second kappa shape index (κ2) is 9.57. The first kappa shape index (κ1) is 20.8. The number of aromatic nitrogens is 1. The Morgan fingerprint density at radius 3 is 2.57 bits per heavy atom. The van der Waals surface area contributed by atoms with Gasteiger partial charge in [-0.2, -0.15) is 0 Å². The van der Waals surface area contributed by atoms with Crippen LogP contribution in [0, 0.1) is 5.82 Å². The molecule has 2 heterocycles. The van der Waals surface area contributed by atoms with Gasteiger partial charge in [-0.05, 0) is 49.2 Å². The van der Waals surface area contributed by atoms with E-state index in [2.05, 4.69) is 11.4 Å². The summed E-state index contributed by atoms with van der Waals surface area (Å²) in [5.74, 6) is 0.389. The standard InChI is InChI=1S/C22H22FN3O2S2/c23-16-5-7-17(8-6-16)24-20(27)13-29-14-21(28)26-11-9-15(10-12-26)22-25-18-3-1-2-4-19(18)30-22/h1-8,15H,9-14H2,(H,24,27). The van der Waals surface area contributed by atoms with Crippen molar-refractivity contribution in [1.82, 2.24) is 9.88 Å². The summed E-state index contributed by atoms with van der Waals surface area (Å²) in [4.78, 5) is 31.1. The summed E-state index contributed by atoms with van der Waals surface area (Å²) in [7, 11) is 0. The quantitative estimate of drug-likeness (QED) is 0.609. The Labute approximate surface area is 182 Å². The molecule has 2 amide bonds. The number of fused-ring (bicyclic) bond motifs is 1. The minimum Gasteiger partial charge on any atom is -0.342 e. The van der Waals surface area contributed by atoms with Gasteiger partial charge in [0.2, 0.25) is 11.8 Å². The van der Waals surface area contributed by atoms with Gasteiger partial charge in [0.1, 0.15) is 5.82 Å². The molecule has 5 nitrogen and oxygen atoms in total. The number of amides is 2. The van der Waals surface area contributed by atoms with Crippen molar-refractivity contribution in [3.63, 3.8) is 0 Å². The summed E-state index contributed by atoms with van der Waals surface area (Å²) in [6, 6.07) is 13.8. The number of thiazole rings is 1. The van der Waals surface area contributed by atoms with Gasteiger partial charge in [-0.15, -0.1) is 23.1 Å². The largest absolute Gasteiger partial charge is 0.342 e. The van der Waals surface area contributed by atoms with Crippen LogP contribution in [-0.4, -0.2) is 46.3 Å². The van der Waals surface area contributed by atoms with E-state index in [0.717, 1.165) is 36.5 Å². The van der Waals surface area contributed by atoms with Gasteiger partial charge < -0.3 is 10.2 Å². The number of piperidine rings is 1. The highest BCUT2D eigenvalue weighted by Gasteiger charge is 2.25. The average Bonchev–Trinajstić information content (AvgIpc) is 3.20. The number of halogens is 1. The summed E-state index contributed by atoms with van der Waals surface area (Å²) in [6.45, 7) is 1.45. The molecule has 1 aromatic heterocycles. The number of nitrogens with zero attached hydrogens (tertiary/aromatic N) is 2. The number of benzene rings is 2. The van der Waals surface area contributed by atoms with Gasteiger partial charge in [-0.25, -0.2) is 9.37 Å². The number of carbonyl (C=O) groups excluding carboxylic acids is 2. The Morgan fingerprint density at radius 2 is 1.83 bits per heavy atom. The lowest BCUT2D eigenvalue weighted by Gasteiger charge is -2.31. The maximum Gasteiger partial charge on any atom is 0.234 e. The molecule has 156 valence electrons. The second-order valence-electron chi connectivity index (χ2n) is 7.22. The van der Waals surface area contributed by atoms with Crippen molar-refractivity contribution in [1.29, 1.82) is 0 Å². The maximum absolute atomic E-state index is 12.9. The predicted molar refractivity (Wildman–Crippen MR) is 121 cm³/mol. The minimum absolute atomic E-state index is 0.0670. The smallest absolute Gasteiger partial charge is 0.234 e. The molecule has 0 saturated carbocycles. The van der Waals surface area contributed by atoms with Gasteiger partial charge in [-0.3, -0.25) is 9.59 Å². The molecule has 0 aliphatic carbocycles. The van der Waals surface area contributed by atoms with Gasteiger partial charge in [-0.1, -0.05) is 12.1 Å². The van der Waals surface area contributed by atoms with Crippen LogP contribution >= 0.6 is 23.1 Å². The van der Waals surface area contributed by atoms with Gasteiger partial charge in [0.15, 0.2) is 0 Å². The fourth-order valence-electron chi connectivity index (χ4n) is 3.49. The molecule has 1 saturated heterocycles. The molecule has 0 radical (unpaired) electrons. The summed E-state index contributed by atoms with van der Waals surface area (Å²) in [5.41, 5.74) is 1.59. The minimum atomic E-state index is -0.347. The van der Waals surface area contributed by atoms with Crippen LogP contribution in [-0.2, 0) is 9.59 Å². The first-order valence-corrected chi connectivity index (χ1v) is 11.8. The van der Waals surface area contributed by atoms with Crippen LogP contribution in [0.25, 0.3) is 10.2 Å². The molecule has 0 spiro atoms. The maximum atomic E-state index is 12.9. The van der Waals surface area contributed by atoms with Gasteiger partial charge in [0.05, 0.1) is 26.7 Å². The first-order chi connectivity index (χ1) is 14.6. The average molecular weight is 444 g/mol. The van der Waals surface area contributed by atoms with Crippen LogP contribution < -0.4 is 5.32 Å². The number of rotatable bonds is 6. The molecule has 2 aromatic carbocycles. The second-order valence-corrected chi connectivity index (χ2v) is 9.27. The Kier molecular flexibility index (Phi) is 6.64. The molecule has 8 heteroatoms. The Bertz CT molecular complexity index is 997. The van der Waals surface area contributed by atoms with E-state index in [1.165, 1.54) is 40.7 Å². The van der Waals surface area contributed by atoms with Crippen molar-refractivity contribution in [3.8, 4) is 0 Å². The van der Waals surface area contributed by atoms with Crippen LogP contribution in [0.1, 0.15) is 23.8 Å². The van der Waals surface area contributed by atoms with E-state index in [1.807, 2.05) is 23.1 Å². The van der Waals surface area contributed by atoms with Crippen molar-refractivity contribution in [3.05, 3.63) is 59.4 Å². The number of nitrogens with one attached hydrogen (secondary N) is 1. The summed E-state index contributed by atoms with van der Waals surface area (Å²) < 4.78 is 14.1. The molecule has 3 aromatic rings. The zero-order valence-electron chi connectivity index (χ0n) is 16.3. The van der Waals surface area contributed by atoms with E-state index in [4.69, 9.17) is 4.98 Å². The molecule has 0 unspecified atom stereocenters. The number of thioether (sulfide) groups is 1. The summed E-state index contributed by atoms with van der Waals surface area (Å²) in [6.07, 6.45) is 1.84.